The maximum Gasteiger partial charge on any atom is 0.192 e. The van der Waals surface area contributed by atoms with Gasteiger partial charge in [-0.3, -0.25) is 0 Å². The van der Waals surface area contributed by atoms with Crippen LogP contribution in [0.1, 0.15) is 72.2 Å². The molecule has 0 saturated heterocycles. The van der Waals surface area contributed by atoms with E-state index in [-0.39, 0.29) is 0 Å². The fourth-order valence-corrected chi connectivity index (χ4v) is 6.27. The van der Waals surface area contributed by atoms with Crippen LogP contribution < -0.4 is 0 Å². The molecule has 64 heavy (non-hydrogen) atoms. The normalized spacial score (nSPS) is 15.2. The van der Waals surface area contributed by atoms with Crippen LogP contribution in [0.2, 0.25) is 0 Å². The molecule has 0 N–H and O–H groups in total. The van der Waals surface area contributed by atoms with Crippen molar-refractivity contribution in [2.45, 2.75) is 0 Å². The van der Waals surface area contributed by atoms with Crippen molar-refractivity contribution >= 4 is 51.0 Å². The number of nitrogens with zero attached hydrogens (tertiary/aromatic N) is 16. The molecular formula is C48H8N16. The van der Waals surface area contributed by atoms with Crippen LogP contribution in [0.5, 0.6) is 0 Å². The Labute approximate surface area is 375 Å². The SMILES string of the molecule is [2H]c1c(C#N)c([2H])c([N+]#[C-])c(/C([N+]#[C-])=C2\C(=C(/[N+]#[C-])c3c([N+]#[C-])c([2H])c(C#N)c([2H])c3[N+]#[C-])C(=C(/C#N)c3c(C#N)c([2H])c([N+]#[C-])c([2H])c3C#N)\C2=C(/C#N)c2c(C#N)c([2H])c([N+]#[C-])c([2H])c2C#N)c1C#N. The van der Waals surface area contributed by atoms with Gasteiger partial charge in [-0.1, -0.05) is 0 Å². The first kappa shape index (κ1) is 32.7. The third kappa shape index (κ3) is 6.79. The summed E-state index contributed by atoms with van der Waals surface area (Å²) in [4.78, 5) is 22.8. The Bertz CT molecular complexity index is 3540. The molecular weight excluding hydrogens is 801 g/mol. The molecule has 0 amide bonds. The second kappa shape index (κ2) is 17.9. The predicted molar refractivity (Wildman–Crippen MR) is 222 cm³/mol. The summed E-state index contributed by atoms with van der Waals surface area (Å²) in [5.41, 5.74) is -24.2. The second-order valence-electron chi connectivity index (χ2n) is 11.6. The molecule has 16 heteroatoms. The average molecular weight is 817 g/mol. The van der Waals surface area contributed by atoms with Gasteiger partial charge in [-0.25, -0.2) is 33.9 Å². The van der Waals surface area contributed by atoms with Gasteiger partial charge in [-0.15, -0.1) is 0 Å². The van der Waals surface area contributed by atoms with Gasteiger partial charge in [0.2, 0.25) is 0 Å². The van der Waals surface area contributed by atoms with Crippen molar-refractivity contribution in [3.05, 3.63) is 212 Å². The molecule has 5 rings (SSSR count). The lowest BCUT2D eigenvalue weighted by atomic mass is 9.65. The summed E-state index contributed by atoms with van der Waals surface area (Å²) in [6.07, 6.45) is 0. The Balaban J connectivity index is 2.53. The van der Waals surface area contributed by atoms with Crippen molar-refractivity contribution < 1.29 is 11.0 Å². The molecule has 0 radical (unpaired) electrons. The van der Waals surface area contributed by atoms with Gasteiger partial charge in [-0.2, -0.15) is 47.4 Å². The molecule has 1 fully saturated rings. The largest absolute Gasteiger partial charge is 0.240 e. The lowest BCUT2D eigenvalue weighted by molar-refractivity contribution is 1.24. The number of nitriles is 9. The molecule has 1 aliphatic rings. The first-order chi connectivity index (χ1) is 34.5. The Kier molecular flexibility index (Phi) is 9.14. The highest BCUT2D eigenvalue weighted by Gasteiger charge is 2.43. The topological polar surface area (TPSA) is 245 Å². The van der Waals surface area contributed by atoms with E-state index in [0.717, 1.165) is 0 Å². The van der Waals surface area contributed by atoms with Crippen molar-refractivity contribution in [3.8, 4) is 54.6 Å². The van der Waals surface area contributed by atoms with Gasteiger partial charge in [0.25, 0.3) is 0 Å². The number of benzene rings is 4. The summed E-state index contributed by atoms with van der Waals surface area (Å²) in [5, 5.41) is 95.1. The van der Waals surface area contributed by atoms with Crippen molar-refractivity contribution in [2.24, 2.45) is 0 Å². The van der Waals surface area contributed by atoms with Gasteiger partial charge in [0.05, 0.1) is 133 Å². The van der Waals surface area contributed by atoms with Crippen LogP contribution in [0.15, 0.2) is 70.6 Å². The van der Waals surface area contributed by atoms with E-state index in [1.54, 1.807) is 42.5 Å². The highest BCUT2D eigenvalue weighted by Crippen LogP contribution is 2.59. The Morgan fingerprint density at radius 2 is 0.688 bits per heavy atom. The van der Waals surface area contributed by atoms with E-state index in [0.29, 0.717) is 0 Å². The smallest absolute Gasteiger partial charge is 0.192 e. The van der Waals surface area contributed by atoms with Gasteiger partial charge in [0.1, 0.15) is 12.1 Å². The molecule has 0 bridgehead atoms. The molecule has 0 aliphatic heterocycles. The van der Waals surface area contributed by atoms with E-state index in [4.69, 9.17) is 57.0 Å². The van der Waals surface area contributed by atoms with Crippen LogP contribution >= 0.6 is 0 Å². The number of allylic oxidation sites excluding steroid dienone is 6. The van der Waals surface area contributed by atoms with Crippen LogP contribution in [0.3, 0.4) is 0 Å². The number of rotatable bonds is 4. The van der Waals surface area contributed by atoms with E-state index in [2.05, 4.69) is 33.9 Å². The molecule has 4 aromatic rings. The molecule has 280 valence electrons. The van der Waals surface area contributed by atoms with Crippen molar-refractivity contribution in [1.82, 2.24) is 0 Å². The second-order valence-corrected chi connectivity index (χ2v) is 11.6. The zero-order chi connectivity index (χ0) is 53.8. The number of hydrogen-bond acceptors (Lipinski definition) is 9. The lowest BCUT2D eigenvalue weighted by Gasteiger charge is -2.37. The summed E-state index contributed by atoms with van der Waals surface area (Å²) < 4.78 is 69.9. The monoisotopic (exact) mass is 816 g/mol. The Hall–Kier alpha value is -12.3. The van der Waals surface area contributed by atoms with Crippen LogP contribution in [0.25, 0.3) is 56.5 Å². The molecule has 0 spiro atoms. The summed E-state index contributed by atoms with van der Waals surface area (Å²) in [6, 6.07) is 5.61. The molecule has 1 saturated carbocycles. The highest BCUT2D eigenvalue weighted by molar-refractivity contribution is 6.14. The number of hydrogen-bond donors (Lipinski definition) is 0. The molecule has 1 aliphatic carbocycles. The first-order valence-corrected chi connectivity index (χ1v) is 16.4. The minimum atomic E-state index is -1.16. The van der Waals surface area contributed by atoms with Gasteiger partial charge >= 0.3 is 0 Å². The van der Waals surface area contributed by atoms with Gasteiger partial charge in [0.15, 0.2) is 39.8 Å². The van der Waals surface area contributed by atoms with E-state index in [9.17, 15) is 47.4 Å². The molecule has 0 aromatic heterocycles. The lowest BCUT2D eigenvalue weighted by Crippen LogP contribution is -2.21. The third-order valence-electron chi connectivity index (χ3n) is 8.65. The maximum absolute atomic E-state index is 11.3. The van der Waals surface area contributed by atoms with Crippen LogP contribution in [-0.4, -0.2) is 0 Å². The van der Waals surface area contributed by atoms with E-state index in [1.807, 2.05) is 0 Å². The summed E-state index contributed by atoms with van der Waals surface area (Å²) in [5.74, 6) is 0. The van der Waals surface area contributed by atoms with E-state index in [1.165, 1.54) is 12.1 Å². The van der Waals surface area contributed by atoms with Crippen LogP contribution in [-0.2, 0) is 0 Å². The fraction of sp³-hybridized carbons (Fsp3) is 0. The Morgan fingerprint density at radius 3 is 0.969 bits per heavy atom. The quantitative estimate of drug-likeness (QED) is 0.140. The fourth-order valence-electron chi connectivity index (χ4n) is 6.27. The maximum atomic E-state index is 11.3. The minimum absolute atomic E-state index is 0.863. The van der Waals surface area contributed by atoms with Crippen LogP contribution in [0, 0.1) is 148 Å². The summed E-state index contributed by atoms with van der Waals surface area (Å²) in [7, 11) is 0. The Morgan fingerprint density at radius 1 is 0.375 bits per heavy atom. The van der Waals surface area contributed by atoms with E-state index >= 15 is 0 Å². The highest BCUT2D eigenvalue weighted by atomic mass is 14.8. The molecule has 4 aromatic carbocycles. The molecule has 0 atom stereocenters. The van der Waals surface area contributed by atoms with Gasteiger partial charge in [-0.05, 0) is 76.2 Å². The summed E-state index contributed by atoms with van der Waals surface area (Å²) >= 11 is 0. The zero-order valence-corrected chi connectivity index (χ0v) is 31.2. The standard InChI is InChI=1S/C48H8N16/c1-58-32-12-28(19-52)39(29(13-32)20-53)34(23-56)42-43(35(24-57)40-30(21-54)14-33(59-2)15-31(40)22-55)46(48(64-7)44-37(61-4)10-26(17-50)11-38(44)62-5)45(42)47(63-6)41-27(18-51)8-25(16-49)9-36(41)60-3/h8-15H/b42-34-,43-35+,47-45+,48-46-/i8D,9D,10D,11D,12D,13D,14D,15D. The molecule has 16 nitrogen and oxygen atoms in total. The zero-order valence-electron chi connectivity index (χ0n) is 39.2. The van der Waals surface area contributed by atoms with Crippen molar-refractivity contribution in [2.75, 3.05) is 0 Å². The molecule has 0 heterocycles. The van der Waals surface area contributed by atoms with Gasteiger partial charge < -0.3 is 0 Å². The average Bonchev–Trinajstić information content (AvgIpc) is 3.36. The minimum Gasteiger partial charge on any atom is -0.240 e. The molecule has 0 unspecified atom stereocenters. The van der Waals surface area contributed by atoms with E-state index < -0.39 is 183 Å². The van der Waals surface area contributed by atoms with Gasteiger partial charge in [0, 0.05) is 33.4 Å². The van der Waals surface area contributed by atoms with Crippen LogP contribution in [0.4, 0.5) is 28.4 Å². The first-order valence-electron chi connectivity index (χ1n) is 20.4. The summed E-state index contributed by atoms with van der Waals surface area (Å²) in [6.45, 7) is 56.7. The third-order valence-corrected chi connectivity index (χ3v) is 8.65. The van der Waals surface area contributed by atoms with Crippen molar-refractivity contribution in [3.63, 3.8) is 0 Å². The van der Waals surface area contributed by atoms with Crippen molar-refractivity contribution in [1.29, 1.82) is 47.4 Å². The predicted octanol–water partition coefficient (Wildman–Crippen LogP) is 10.5.